The molecule has 11 nitrogen and oxygen atoms in total. The quantitative estimate of drug-likeness (QED) is 0.308. The second-order valence-electron chi connectivity index (χ2n) is 10.7. The molecule has 1 saturated heterocycles. The van der Waals surface area contributed by atoms with E-state index in [1.165, 1.54) is 6.26 Å². The number of carboxylic acid groups (broad SMARTS) is 1. The number of oxazole rings is 1. The van der Waals surface area contributed by atoms with Crippen LogP contribution in [0.15, 0.2) is 53.3 Å². The number of likely N-dealkylation sites (tertiary alicyclic amines) is 1. The van der Waals surface area contributed by atoms with E-state index < -0.39 is 23.8 Å². The summed E-state index contributed by atoms with van der Waals surface area (Å²) in [5, 5.41) is 10.5. The van der Waals surface area contributed by atoms with Crippen LogP contribution < -0.4 is 24.8 Å². The Morgan fingerprint density at radius 3 is 2.81 bits per heavy atom. The second-order valence-corrected chi connectivity index (χ2v) is 10.7. The number of aryl methyl sites for hydroxylation is 1. The molecule has 3 atom stereocenters. The van der Waals surface area contributed by atoms with Crippen LogP contribution in [0.4, 0.5) is 5.69 Å². The SMILES string of the molecule is CCCCN(C(=O)CN1CC(c2cc(OC)c3c(c2)OCO3)C(C(=O)O)C1CCc1ncco1)c1cccc(CN)c1. The highest BCUT2D eigenvalue weighted by atomic mass is 16.7. The average molecular weight is 579 g/mol. The largest absolute Gasteiger partial charge is 0.493 e. The summed E-state index contributed by atoms with van der Waals surface area (Å²) in [6.07, 6.45) is 5.74. The lowest BCUT2D eigenvalue weighted by Crippen LogP contribution is -2.44. The van der Waals surface area contributed by atoms with E-state index in [1.807, 2.05) is 41.3 Å². The number of carbonyl (C=O) groups excluding carboxylic acids is 1. The number of methoxy groups -OCH3 is 1. The molecule has 2 aromatic carbocycles. The van der Waals surface area contributed by atoms with Crippen molar-refractivity contribution in [3.05, 3.63) is 65.9 Å². The number of amides is 1. The van der Waals surface area contributed by atoms with Gasteiger partial charge in [-0.1, -0.05) is 25.5 Å². The van der Waals surface area contributed by atoms with E-state index in [4.69, 9.17) is 24.4 Å². The van der Waals surface area contributed by atoms with Crippen LogP contribution in [0.25, 0.3) is 0 Å². The molecular formula is C31H38N4O7. The molecular weight excluding hydrogens is 540 g/mol. The molecule has 5 rings (SSSR count). The smallest absolute Gasteiger partial charge is 0.308 e. The Labute approximate surface area is 245 Å². The summed E-state index contributed by atoms with van der Waals surface area (Å²) in [5.41, 5.74) is 8.37. The zero-order valence-electron chi connectivity index (χ0n) is 24.0. The number of carbonyl (C=O) groups is 2. The van der Waals surface area contributed by atoms with Crippen LogP contribution in [-0.4, -0.2) is 66.4 Å². The summed E-state index contributed by atoms with van der Waals surface area (Å²) in [7, 11) is 1.54. The molecule has 2 aliphatic heterocycles. The van der Waals surface area contributed by atoms with Crippen molar-refractivity contribution < 1.29 is 33.3 Å². The molecule has 0 bridgehead atoms. The van der Waals surface area contributed by atoms with Crippen molar-refractivity contribution in [2.75, 3.05) is 38.4 Å². The molecule has 0 aliphatic carbocycles. The lowest BCUT2D eigenvalue weighted by molar-refractivity contribution is -0.143. The van der Waals surface area contributed by atoms with Gasteiger partial charge >= 0.3 is 5.97 Å². The third-order valence-corrected chi connectivity index (χ3v) is 8.11. The van der Waals surface area contributed by atoms with Crippen LogP contribution in [0, 0.1) is 5.92 Å². The fraction of sp³-hybridized carbons (Fsp3) is 0.452. The van der Waals surface area contributed by atoms with Gasteiger partial charge in [0.1, 0.15) is 6.26 Å². The van der Waals surface area contributed by atoms with Gasteiger partial charge < -0.3 is 34.4 Å². The first kappa shape index (κ1) is 29.4. The number of hydrogen-bond acceptors (Lipinski definition) is 9. The van der Waals surface area contributed by atoms with Gasteiger partial charge in [0.15, 0.2) is 17.4 Å². The van der Waals surface area contributed by atoms with Gasteiger partial charge in [0.05, 0.1) is 25.8 Å². The Hall–Kier alpha value is -4.09. The van der Waals surface area contributed by atoms with Crippen molar-refractivity contribution in [3.8, 4) is 17.2 Å². The molecule has 0 spiro atoms. The number of fused-ring (bicyclic) bond motifs is 1. The molecule has 3 N–H and O–H groups in total. The third-order valence-electron chi connectivity index (χ3n) is 8.11. The Morgan fingerprint density at radius 1 is 1.24 bits per heavy atom. The summed E-state index contributed by atoms with van der Waals surface area (Å²) < 4.78 is 22.2. The number of rotatable bonds is 13. The number of nitrogens with two attached hydrogens (primary N) is 1. The molecule has 224 valence electrons. The molecule has 2 aliphatic rings. The van der Waals surface area contributed by atoms with Crippen molar-refractivity contribution >= 4 is 17.6 Å². The van der Waals surface area contributed by atoms with Crippen LogP contribution in [0.1, 0.15) is 49.1 Å². The monoisotopic (exact) mass is 578 g/mol. The van der Waals surface area contributed by atoms with Crippen molar-refractivity contribution in [1.29, 1.82) is 0 Å². The maximum Gasteiger partial charge on any atom is 0.308 e. The van der Waals surface area contributed by atoms with Crippen molar-refractivity contribution in [1.82, 2.24) is 9.88 Å². The number of ether oxygens (including phenoxy) is 3. The standard InChI is InChI=1S/C31H38N4O7/c1-3-4-11-35(22-7-5-6-20(13-22)16-32)28(36)18-34-17-23(21-14-25(39-2)30-26(15-21)41-19-42-30)29(31(37)38)24(34)8-9-27-33-10-12-40-27/h5-7,10,12-15,23-24,29H,3-4,8-9,11,16-19,32H2,1-2H3,(H,37,38). The van der Waals surface area contributed by atoms with Crippen LogP contribution in [0.2, 0.25) is 0 Å². The zero-order chi connectivity index (χ0) is 29.6. The van der Waals surface area contributed by atoms with E-state index >= 15 is 0 Å². The molecule has 1 fully saturated rings. The molecule has 1 amide bonds. The predicted octanol–water partition coefficient (Wildman–Crippen LogP) is 3.81. The molecule has 3 aromatic rings. The van der Waals surface area contributed by atoms with Gasteiger partial charge in [0.2, 0.25) is 18.4 Å². The normalized spacial score (nSPS) is 19.6. The number of hydrogen-bond donors (Lipinski definition) is 2. The molecule has 0 radical (unpaired) electrons. The van der Waals surface area contributed by atoms with Crippen molar-refractivity contribution in [3.63, 3.8) is 0 Å². The zero-order valence-corrected chi connectivity index (χ0v) is 24.0. The Bertz CT molecular complexity index is 1380. The van der Waals surface area contributed by atoms with E-state index in [9.17, 15) is 14.7 Å². The van der Waals surface area contributed by atoms with E-state index in [-0.39, 0.29) is 19.2 Å². The summed E-state index contributed by atoms with van der Waals surface area (Å²) >= 11 is 0. The lowest BCUT2D eigenvalue weighted by atomic mass is 9.83. The Balaban J connectivity index is 1.47. The van der Waals surface area contributed by atoms with E-state index in [0.717, 1.165) is 29.7 Å². The van der Waals surface area contributed by atoms with Gasteiger partial charge in [-0.3, -0.25) is 14.5 Å². The Kier molecular flexibility index (Phi) is 9.28. The topological polar surface area (TPSA) is 141 Å². The molecule has 3 unspecified atom stereocenters. The maximum atomic E-state index is 14.0. The number of aliphatic carboxylic acids is 1. The number of unbranched alkanes of at least 4 members (excludes halogenated alkanes) is 1. The molecule has 42 heavy (non-hydrogen) atoms. The first-order chi connectivity index (χ1) is 20.4. The number of anilines is 1. The minimum atomic E-state index is -0.928. The number of carboxylic acids is 1. The third kappa shape index (κ3) is 6.22. The van der Waals surface area contributed by atoms with E-state index in [1.54, 1.807) is 18.2 Å². The highest BCUT2D eigenvalue weighted by molar-refractivity contribution is 5.95. The van der Waals surface area contributed by atoms with Crippen molar-refractivity contribution in [2.45, 2.75) is 51.1 Å². The van der Waals surface area contributed by atoms with Crippen LogP contribution >= 0.6 is 0 Å². The molecule has 3 heterocycles. The fourth-order valence-electron chi connectivity index (χ4n) is 6.03. The van der Waals surface area contributed by atoms with E-state index in [2.05, 4.69) is 11.9 Å². The highest BCUT2D eigenvalue weighted by Crippen LogP contribution is 2.47. The molecule has 11 heteroatoms. The van der Waals surface area contributed by atoms with Crippen LogP contribution in [0.3, 0.4) is 0 Å². The molecule has 0 saturated carbocycles. The minimum Gasteiger partial charge on any atom is -0.493 e. The fourth-order valence-corrected chi connectivity index (χ4v) is 6.03. The maximum absolute atomic E-state index is 14.0. The highest BCUT2D eigenvalue weighted by Gasteiger charge is 2.47. The van der Waals surface area contributed by atoms with Gasteiger partial charge in [-0.25, -0.2) is 4.98 Å². The lowest BCUT2D eigenvalue weighted by Gasteiger charge is -2.30. The predicted molar refractivity (Wildman–Crippen MR) is 155 cm³/mol. The summed E-state index contributed by atoms with van der Waals surface area (Å²) in [5.74, 6) is -0.188. The summed E-state index contributed by atoms with van der Waals surface area (Å²) in [4.78, 5) is 34.9. The first-order valence-corrected chi connectivity index (χ1v) is 14.4. The summed E-state index contributed by atoms with van der Waals surface area (Å²) in [6.45, 7) is 3.52. The van der Waals surface area contributed by atoms with Crippen LogP contribution in [0.5, 0.6) is 17.2 Å². The van der Waals surface area contributed by atoms with Gasteiger partial charge in [-0.15, -0.1) is 0 Å². The second kappa shape index (κ2) is 13.3. The number of aromatic nitrogens is 1. The average Bonchev–Trinajstić information content (AvgIpc) is 3.76. The van der Waals surface area contributed by atoms with Gasteiger partial charge in [0, 0.05) is 43.7 Å². The minimum absolute atomic E-state index is 0.0643. The molecule has 1 aromatic heterocycles. The number of benzene rings is 2. The van der Waals surface area contributed by atoms with Crippen molar-refractivity contribution in [2.24, 2.45) is 11.7 Å². The van der Waals surface area contributed by atoms with Gasteiger partial charge in [-0.05, 0) is 48.2 Å². The summed E-state index contributed by atoms with van der Waals surface area (Å²) in [6, 6.07) is 10.9. The van der Waals surface area contributed by atoms with E-state index in [0.29, 0.717) is 55.6 Å². The van der Waals surface area contributed by atoms with Gasteiger partial charge in [-0.2, -0.15) is 0 Å². The first-order valence-electron chi connectivity index (χ1n) is 14.4. The van der Waals surface area contributed by atoms with Crippen LogP contribution in [-0.2, 0) is 22.6 Å². The van der Waals surface area contributed by atoms with Gasteiger partial charge in [0.25, 0.3) is 0 Å². The Morgan fingerprint density at radius 2 is 2.10 bits per heavy atom. The number of nitrogens with zero attached hydrogens (tertiary/aromatic N) is 3.